The predicted octanol–water partition coefficient (Wildman–Crippen LogP) is 2.38. The van der Waals surface area contributed by atoms with Gasteiger partial charge in [0.25, 0.3) is 5.91 Å². The van der Waals surface area contributed by atoms with Crippen molar-refractivity contribution >= 4 is 5.91 Å². The summed E-state index contributed by atoms with van der Waals surface area (Å²) in [4.78, 5) is 12.0. The van der Waals surface area contributed by atoms with Gasteiger partial charge in [0.15, 0.2) is 18.1 Å². The molecule has 1 N–H and O–H groups in total. The summed E-state index contributed by atoms with van der Waals surface area (Å²) in [6, 6.07) is 7.74. The van der Waals surface area contributed by atoms with Gasteiger partial charge in [-0.1, -0.05) is 18.6 Å². The van der Waals surface area contributed by atoms with Gasteiger partial charge in [-0.05, 0) is 43.2 Å². The number of rotatable bonds is 5. The molecule has 1 aromatic carbocycles. The van der Waals surface area contributed by atoms with Gasteiger partial charge in [-0.15, -0.1) is 0 Å². The van der Waals surface area contributed by atoms with Crippen molar-refractivity contribution in [1.82, 2.24) is 5.32 Å². The lowest BCUT2D eigenvalue weighted by Crippen LogP contribution is -2.40. The Labute approximate surface area is 119 Å². The first-order valence-electron chi connectivity index (χ1n) is 7.31. The number of fused-ring (bicyclic) bond motifs is 2. The molecule has 0 heterocycles. The highest BCUT2D eigenvalue weighted by Crippen LogP contribution is 2.44. The van der Waals surface area contributed by atoms with E-state index in [1.54, 1.807) is 7.11 Å². The average molecular weight is 275 g/mol. The molecule has 2 bridgehead atoms. The molecule has 0 radical (unpaired) electrons. The zero-order valence-corrected chi connectivity index (χ0v) is 11.8. The van der Waals surface area contributed by atoms with E-state index in [9.17, 15) is 4.79 Å². The largest absolute Gasteiger partial charge is 0.493 e. The molecule has 0 unspecified atom stereocenters. The highest BCUT2D eigenvalue weighted by atomic mass is 16.5. The molecule has 2 fully saturated rings. The van der Waals surface area contributed by atoms with E-state index in [0.717, 1.165) is 12.3 Å². The molecule has 108 valence electrons. The lowest BCUT2D eigenvalue weighted by Gasteiger charge is -2.22. The Morgan fingerprint density at radius 1 is 1.25 bits per heavy atom. The fraction of sp³-hybridized carbons (Fsp3) is 0.562. The maximum absolute atomic E-state index is 12.0. The summed E-state index contributed by atoms with van der Waals surface area (Å²) in [5, 5.41) is 3.11. The van der Waals surface area contributed by atoms with E-state index in [-0.39, 0.29) is 12.5 Å². The van der Waals surface area contributed by atoms with Crippen LogP contribution in [0.5, 0.6) is 11.5 Å². The van der Waals surface area contributed by atoms with Gasteiger partial charge in [0.05, 0.1) is 7.11 Å². The van der Waals surface area contributed by atoms with Crippen molar-refractivity contribution in [2.75, 3.05) is 13.7 Å². The number of carbonyl (C=O) groups is 1. The standard InChI is InChI=1S/C16H21NO3/c1-19-14-4-2-3-5-15(14)20-10-16(18)17-13-9-11-6-7-12(13)8-11/h2-5,11-13H,6-10H2,1H3,(H,17,18)/t11-,12-,13-/m0/s1. The van der Waals surface area contributed by atoms with Gasteiger partial charge < -0.3 is 14.8 Å². The molecule has 1 amide bonds. The molecule has 0 spiro atoms. The Kier molecular flexibility index (Phi) is 3.81. The molecule has 3 rings (SSSR count). The van der Waals surface area contributed by atoms with Crippen molar-refractivity contribution in [2.45, 2.75) is 31.7 Å². The Morgan fingerprint density at radius 3 is 2.70 bits per heavy atom. The second-order valence-corrected chi connectivity index (χ2v) is 5.79. The van der Waals surface area contributed by atoms with Crippen LogP contribution in [-0.2, 0) is 4.79 Å². The van der Waals surface area contributed by atoms with E-state index in [0.29, 0.717) is 23.5 Å². The maximum atomic E-state index is 12.0. The van der Waals surface area contributed by atoms with E-state index in [1.165, 1.54) is 19.3 Å². The summed E-state index contributed by atoms with van der Waals surface area (Å²) < 4.78 is 10.7. The van der Waals surface area contributed by atoms with Gasteiger partial charge in [0.2, 0.25) is 0 Å². The summed E-state index contributed by atoms with van der Waals surface area (Å²) in [7, 11) is 1.59. The lowest BCUT2D eigenvalue weighted by atomic mass is 9.95. The average Bonchev–Trinajstić information content (AvgIpc) is 3.08. The van der Waals surface area contributed by atoms with Crippen LogP contribution in [0, 0.1) is 11.8 Å². The van der Waals surface area contributed by atoms with Crippen LogP contribution in [0.15, 0.2) is 24.3 Å². The van der Waals surface area contributed by atoms with E-state index >= 15 is 0 Å². The quantitative estimate of drug-likeness (QED) is 0.897. The molecular formula is C16H21NO3. The lowest BCUT2D eigenvalue weighted by molar-refractivity contribution is -0.124. The summed E-state index contributed by atoms with van der Waals surface area (Å²) in [6.45, 7) is 0.0499. The molecule has 4 nitrogen and oxygen atoms in total. The number of ether oxygens (including phenoxy) is 2. The van der Waals surface area contributed by atoms with Gasteiger partial charge in [0.1, 0.15) is 0 Å². The SMILES string of the molecule is COc1ccccc1OCC(=O)N[C@H]1C[C@H]2CC[C@H]1C2. The molecule has 0 saturated heterocycles. The number of para-hydroxylation sites is 2. The first kappa shape index (κ1) is 13.3. The fourth-order valence-electron chi connectivity index (χ4n) is 3.55. The van der Waals surface area contributed by atoms with Crippen LogP contribution in [0.3, 0.4) is 0 Å². The molecule has 3 atom stereocenters. The van der Waals surface area contributed by atoms with Gasteiger partial charge in [0, 0.05) is 6.04 Å². The topological polar surface area (TPSA) is 47.6 Å². The van der Waals surface area contributed by atoms with Crippen LogP contribution in [0.2, 0.25) is 0 Å². The number of hydrogen-bond acceptors (Lipinski definition) is 3. The van der Waals surface area contributed by atoms with E-state index in [2.05, 4.69) is 5.32 Å². The number of benzene rings is 1. The van der Waals surface area contributed by atoms with Crippen molar-refractivity contribution in [2.24, 2.45) is 11.8 Å². The second kappa shape index (κ2) is 5.73. The molecule has 2 aliphatic carbocycles. The van der Waals surface area contributed by atoms with Crippen LogP contribution in [-0.4, -0.2) is 25.7 Å². The summed E-state index contributed by atoms with van der Waals surface area (Å²) >= 11 is 0. The monoisotopic (exact) mass is 275 g/mol. The predicted molar refractivity (Wildman–Crippen MR) is 75.9 cm³/mol. The fourth-order valence-corrected chi connectivity index (χ4v) is 3.55. The smallest absolute Gasteiger partial charge is 0.258 e. The minimum atomic E-state index is -0.0338. The second-order valence-electron chi connectivity index (χ2n) is 5.79. The summed E-state index contributed by atoms with van der Waals surface area (Å²) in [5.74, 6) is 2.75. The number of carbonyl (C=O) groups excluding carboxylic acids is 1. The molecule has 20 heavy (non-hydrogen) atoms. The minimum absolute atomic E-state index is 0.0338. The molecule has 0 aromatic heterocycles. The Hall–Kier alpha value is -1.71. The van der Waals surface area contributed by atoms with Crippen LogP contribution in [0.1, 0.15) is 25.7 Å². The van der Waals surface area contributed by atoms with E-state index in [1.807, 2.05) is 24.3 Å². The van der Waals surface area contributed by atoms with Crippen molar-refractivity contribution in [3.8, 4) is 11.5 Å². The third kappa shape index (κ3) is 2.74. The van der Waals surface area contributed by atoms with Gasteiger partial charge in [-0.3, -0.25) is 4.79 Å². The highest BCUT2D eigenvalue weighted by molar-refractivity contribution is 5.78. The van der Waals surface area contributed by atoms with Crippen molar-refractivity contribution < 1.29 is 14.3 Å². The zero-order valence-electron chi connectivity index (χ0n) is 11.8. The molecule has 0 aliphatic heterocycles. The van der Waals surface area contributed by atoms with E-state index in [4.69, 9.17) is 9.47 Å². The molecule has 2 aliphatic rings. The summed E-state index contributed by atoms with van der Waals surface area (Å²) in [5.41, 5.74) is 0. The maximum Gasteiger partial charge on any atom is 0.258 e. The van der Waals surface area contributed by atoms with Crippen LogP contribution in [0.25, 0.3) is 0 Å². The van der Waals surface area contributed by atoms with Gasteiger partial charge in [-0.2, -0.15) is 0 Å². The third-order valence-electron chi connectivity index (χ3n) is 4.51. The van der Waals surface area contributed by atoms with Crippen molar-refractivity contribution in [3.63, 3.8) is 0 Å². The van der Waals surface area contributed by atoms with Gasteiger partial charge in [-0.25, -0.2) is 0 Å². The first-order valence-corrected chi connectivity index (χ1v) is 7.31. The minimum Gasteiger partial charge on any atom is -0.493 e. The normalized spacial score (nSPS) is 27.4. The number of hydrogen-bond donors (Lipinski definition) is 1. The van der Waals surface area contributed by atoms with Crippen LogP contribution < -0.4 is 14.8 Å². The number of amides is 1. The van der Waals surface area contributed by atoms with Crippen LogP contribution >= 0.6 is 0 Å². The van der Waals surface area contributed by atoms with Crippen LogP contribution in [0.4, 0.5) is 0 Å². The highest BCUT2D eigenvalue weighted by Gasteiger charge is 2.40. The molecule has 2 saturated carbocycles. The molecule has 1 aromatic rings. The van der Waals surface area contributed by atoms with E-state index < -0.39 is 0 Å². The number of nitrogens with one attached hydrogen (secondary N) is 1. The zero-order chi connectivity index (χ0) is 13.9. The third-order valence-corrected chi connectivity index (χ3v) is 4.51. The van der Waals surface area contributed by atoms with Crippen molar-refractivity contribution in [3.05, 3.63) is 24.3 Å². The van der Waals surface area contributed by atoms with Gasteiger partial charge >= 0.3 is 0 Å². The van der Waals surface area contributed by atoms with Crippen molar-refractivity contribution in [1.29, 1.82) is 0 Å². The number of methoxy groups -OCH3 is 1. The molecular weight excluding hydrogens is 254 g/mol. The summed E-state index contributed by atoms with van der Waals surface area (Å²) in [6.07, 6.45) is 5.04. The Morgan fingerprint density at radius 2 is 2.05 bits per heavy atom. The molecule has 4 heteroatoms. The first-order chi connectivity index (χ1) is 9.76. The Bertz CT molecular complexity index is 488. The Balaban J connectivity index is 1.50.